The van der Waals surface area contributed by atoms with Crippen LogP contribution in [0.5, 0.6) is 0 Å². The molecule has 0 amide bonds. The highest BCUT2D eigenvalue weighted by Gasteiger charge is 2.60. The third-order valence-corrected chi connectivity index (χ3v) is 7.56. The lowest BCUT2D eigenvalue weighted by atomic mass is 9.81. The number of hydrogen-bond acceptors (Lipinski definition) is 15. The number of aliphatic hydroxyl groups is 7. The smallest absolute Gasteiger partial charge is 0.187 e. The number of likely N-dealkylation sites (N-methyl/N-ethyl adjacent to an activating group) is 1. The molecule has 19 nitrogen and oxygen atoms in total. The van der Waals surface area contributed by atoms with Crippen LogP contribution in [0.3, 0.4) is 0 Å². The number of rotatable bonds is 9. The second-order valence-electron chi connectivity index (χ2n) is 10.1. The molecule has 1 saturated carbocycles. The predicted octanol–water partition coefficient (Wildman–Crippen LogP) is -8.40. The zero-order valence-electron chi connectivity index (χ0n) is 22.0. The molecule has 15 atom stereocenters. The van der Waals surface area contributed by atoms with Crippen LogP contribution in [0, 0.1) is 0 Å². The molecule has 18 N–H and O–H groups in total. The van der Waals surface area contributed by atoms with Crippen molar-refractivity contribution in [1.29, 1.82) is 0 Å². The van der Waals surface area contributed by atoms with E-state index in [9.17, 15) is 35.7 Å². The molecule has 0 aromatic heterocycles. The highest BCUT2D eigenvalue weighted by molar-refractivity contribution is 5.76. The molecular weight excluding hydrogens is 540 g/mol. The van der Waals surface area contributed by atoms with Gasteiger partial charge in [-0.15, -0.1) is 0 Å². The number of hydrogen-bond donors (Lipinski definition) is 13. The Morgan fingerprint density at radius 2 is 1.45 bits per heavy atom. The summed E-state index contributed by atoms with van der Waals surface area (Å²) in [7, 11) is 1.46. The summed E-state index contributed by atoms with van der Waals surface area (Å²) in [5.74, 6) is -0.973. The van der Waals surface area contributed by atoms with Crippen molar-refractivity contribution in [2.24, 2.45) is 38.7 Å². The minimum absolute atomic E-state index is 0.410. The van der Waals surface area contributed by atoms with Crippen molar-refractivity contribution in [3.63, 3.8) is 0 Å². The average molecular weight is 583 g/mol. The van der Waals surface area contributed by atoms with E-state index >= 15 is 0 Å². The summed E-state index contributed by atoms with van der Waals surface area (Å²) < 4.78 is 23.4. The van der Waals surface area contributed by atoms with Crippen LogP contribution in [0.1, 0.15) is 6.92 Å². The third kappa shape index (κ3) is 6.11. The fraction of sp³-hybridized carbons (Fsp3) is 0.905. The number of ether oxygens (including phenoxy) is 4. The molecule has 0 radical (unpaired) electrons. The molecule has 2 heterocycles. The molecule has 19 heteroatoms. The van der Waals surface area contributed by atoms with Gasteiger partial charge in [-0.1, -0.05) is 0 Å². The highest BCUT2D eigenvalue weighted by atomic mass is 16.8. The molecule has 3 rings (SSSR count). The molecule has 0 bridgehead atoms. The van der Waals surface area contributed by atoms with Gasteiger partial charge in [-0.05, 0) is 14.0 Å². The standard InChI is InChI=1S/C21H42N8O11/c1-5-21(36,4-22)16(40-17-9(27-2)13(34)10(31)6(3-30)38-17)18(37-5)39-15-8(29-20(25)26)11(32)7(28-19(23)24)12(33)14(15)35/h5-18,27,30-36H,3-4,22H2,1-2H3,(H4,23,24,28)(H4,25,26,29)/t5-,6?,7?,8?,9?,10?,11?,12?,13?,14?,15-,16-,17?,18-,21+/m0/s1. The Morgan fingerprint density at radius 1 is 0.850 bits per heavy atom. The number of nitrogens with two attached hydrogens (primary N) is 5. The maximum Gasteiger partial charge on any atom is 0.187 e. The molecule has 232 valence electrons. The lowest BCUT2D eigenvalue weighted by Gasteiger charge is -2.45. The highest BCUT2D eigenvalue weighted by Crippen LogP contribution is 2.39. The summed E-state index contributed by atoms with van der Waals surface area (Å²) in [4.78, 5) is 7.70. The van der Waals surface area contributed by atoms with Gasteiger partial charge < -0.3 is 88.7 Å². The maximum absolute atomic E-state index is 11.4. The summed E-state index contributed by atoms with van der Waals surface area (Å²) in [6, 6.07) is -3.91. The van der Waals surface area contributed by atoms with E-state index < -0.39 is 116 Å². The van der Waals surface area contributed by atoms with Gasteiger partial charge in [-0.25, -0.2) is 9.98 Å². The van der Waals surface area contributed by atoms with Crippen LogP contribution in [0.2, 0.25) is 0 Å². The minimum atomic E-state index is -1.93. The van der Waals surface area contributed by atoms with E-state index in [0.29, 0.717) is 0 Å². The van der Waals surface area contributed by atoms with E-state index in [0.717, 1.165) is 0 Å². The van der Waals surface area contributed by atoms with Crippen LogP contribution in [0.4, 0.5) is 0 Å². The summed E-state index contributed by atoms with van der Waals surface area (Å²) in [5.41, 5.74) is 25.8. The van der Waals surface area contributed by atoms with E-state index in [2.05, 4.69) is 15.3 Å². The molecule has 2 aliphatic heterocycles. The van der Waals surface area contributed by atoms with Crippen LogP contribution >= 0.6 is 0 Å². The van der Waals surface area contributed by atoms with Crippen molar-refractivity contribution in [3.05, 3.63) is 0 Å². The number of guanidine groups is 2. The Labute approximate surface area is 229 Å². The van der Waals surface area contributed by atoms with Crippen LogP contribution in [0.15, 0.2) is 9.98 Å². The van der Waals surface area contributed by atoms with Crippen LogP contribution < -0.4 is 34.0 Å². The van der Waals surface area contributed by atoms with Gasteiger partial charge in [-0.2, -0.15) is 0 Å². The SMILES string of the molecule is CNC1C(O[C@H]2[C@H](O[C@@H]3C(O)C(O)C(N=C(N)N)C(O)C3N=C(N)N)O[C@@H](C)[C@]2(O)CN)OC(CO)C(O)C1O. The first kappa shape index (κ1) is 32.5. The molecule has 1 aliphatic carbocycles. The first-order chi connectivity index (χ1) is 18.7. The van der Waals surface area contributed by atoms with E-state index in [1.54, 1.807) is 0 Å². The van der Waals surface area contributed by atoms with Gasteiger partial charge in [0, 0.05) is 6.54 Å². The molecule has 10 unspecified atom stereocenters. The molecule has 3 fully saturated rings. The van der Waals surface area contributed by atoms with Gasteiger partial charge in [0.05, 0.1) is 18.8 Å². The van der Waals surface area contributed by atoms with Crippen LogP contribution in [-0.4, -0.2) is 159 Å². The average Bonchev–Trinajstić information content (AvgIpc) is 3.13. The summed E-state index contributed by atoms with van der Waals surface area (Å²) in [6.45, 7) is 0.406. The van der Waals surface area contributed by atoms with Crippen LogP contribution in [0.25, 0.3) is 0 Å². The van der Waals surface area contributed by atoms with Gasteiger partial charge in [0.2, 0.25) is 0 Å². The van der Waals surface area contributed by atoms with Crippen molar-refractivity contribution >= 4 is 11.9 Å². The fourth-order valence-electron chi connectivity index (χ4n) is 5.23. The summed E-state index contributed by atoms with van der Waals surface area (Å²) in [6.07, 6.45) is -16.3. The normalized spacial score (nSPS) is 47.5. The second-order valence-corrected chi connectivity index (χ2v) is 10.1. The minimum Gasteiger partial charge on any atom is -0.394 e. The molecule has 3 aliphatic rings. The Morgan fingerprint density at radius 3 is 1.98 bits per heavy atom. The molecule has 0 spiro atoms. The summed E-state index contributed by atoms with van der Waals surface area (Å²) in [5, 5.41) is 77.2. The van der Waals surface area contributed by atoms with Crippen molar-refractivity contribution in [2.75, 3.05) is 20.2 Å². The first-order valence-corrected chi connectivity index (χ1v) is 12.6. The van der Waals surface area contributed by atoms with Gasteiger partial charge >= 0.3 is 0 Å². The molecule has 0 aromatic carbocycles. The zero-order valence-corrected chi connectivity index (χ0v) is 22.0. The van der Waals surface area contributed by atoms with E-state index in [4.69, 9.17) is 47.6 Å². The Kier molecular flexibility index (Phi) is 10.5. The van der Waals surface area contributed by atoms with E-state index in [1.165, 1.54) is 14.0 Å². The van der Waals surface area contributed by atoms with Gasteiger partial charge in [0.15, 0.2) is 24.5 Å². The zero-order chi connectivity index (χ0) is 30.1. The van der Waals surface area contributed by atoms with Crippen molar-refractivity contribution < 1.29 is 54.7 Å². The molecule has 40 heavy (non-hydrogen) atoms. The van der Waals surface area contributed by atoms with Crippen molar-refractivity contribution in [2.45, 2.75) is 98.2 Å². The monoisotopic (exact) mass is 582 g/mol. The molecule has 2 saturated heterocycles. The number of nitrogens with zero attached hydrogens (tertiary/aromatic N) is 2. The quantitative estimate of drug-likeness (QED) is 0.0885. The van der Waals surface area contributed by atoms with Gasteiger partial charge in [0.1, 0.15) is 66.5 Å². The third-order valence-electron chi connectivity index (χ3n) is 7.56. The van der Waals surface area contributed by atoms with Crippen molar-refractivity contribution in [1.82, 2.24) is 5.32 Å². The first-order valence-electron chi connectivity index (χ1n) is 12.6. The van der Waals surface area contributed by atoms with Crippen molar-refractivity contribution in [3.8, 4) is 0 Å². The Bertz CT molecular complexity index is 912. The lowest BCUT2D eigenvalue weighted by molar-refractivity contribution is -0.316. The fourth-order valence-corrected chi connectivity index (χ4v) is 5.23. The number of aliphatic hydroxyl groups excluding tert-OH is 6. The van der Waals surface area contributed by atoms with Gasteiger partial charge in [-0.3, -0.25) is 0 Å². The Hall–Kier alpha value is -1.98. The number of nitrogens with one attached hydrogen (secondary N) is 1. The summed E-state index contributed by atoms with van der Waals surface area (Å²) >= 11 is 0. The molecular formula is C21H42N8O11. The van der Waals surface area contributed by atoms with E-state index in [-0.39, 0.29) is 0 Å². The lowest BCUT2D eigenvalue weighted by Crippen LogP contribution is -2.67. The Balaban J connectivity index is 1.96. The number of aliphatic imine (C=N–C) groups is 2. The van der Waals surface area contributed by atoms with Gasteiger partial charge in [0.25, 0.3) is 0 Å². The molecule has 0 aromatic rings. The largest absolute Gasteiger partial charge is 0.394 e. The van der Waals surface area contributed by atoms with Crippen LogP contribution in [-0.2, 0) is 18.9 Å². The maximum atomic E-state index is 11.4. The predicted molar refractivity (Wildman–Crippen MR) is 136 cm³/mol. The van der Waals surface area contributed by atoms with E-state index in [1.807, 2.05) is 0 Å². The topological polar surface area (TPSA) is 345 Å². The second kappa shape index (κ2) is 12.9.